The zero-order valence-electron chi connectivity index (χ0n) is 21.2. The van der Waals surface area contributed by atoms with Crippen LogP contribution >= 0.6 is 11.6 Å². The van der Waals surface area contributed by atoms with Gasteiger partial charge in [-0.25, -0.2) is 13.6 Å². The van der Waals surface area contributed by atoms with E-state index >= 15 is 4.39 Å². The summed E-state index contributed by atoms with van der Waals surface area (Å²) < 4.78 is 35.6. The maximum Gasteiger partial charge on any atom is 0.337 e. The third-order valence-corrected chi connectivity index (χ3v) is 7.14. The van der Waals surface area contributed by atoms with Gasteiger partial charge in [0.05, 0.1) is 35.8 Å². The molecule has 4 rings (SSSR count). The average molecular weight is 545 g/mol. The first-order valence-corrected chi connectivity index (χ1v) is 12.5. The smallest absolute Gasteiger partial charge is 0.337 e. The van der Waals surface area contributed by atoms with Gasteiger partial charge in [0.2, 0.25) is 5.91 Å². The van der Waals surface area contributed by atoms with E-state index in [1.807, 2.05) is 0 Å². The van der Waals surface area contributed by atoms with E-state index in [9.17, 15) is 23.6 Å². The van der Waals surface area contributed by atoms with Crippen LogP contribution < -0.4 is 0 Å². The summed E-state index contributed by atoms with van der Waals surface area (Å²) in [6.45, 7) is 2.16. The molecule has 7 nitrogen and oxygen atoms in total. The minimum atomic E-state index is -1.78. The van der Waals surface area contributed by atoms with Crippen LogP contribution in [0, 0.1) is 5.82 Å². The summed E-state index contributed by atoms with van der Waals surface area (Å²) in [5, 5.41) is 0.495. The molecule has 1 amide bonds. The van der Waals surface area contributed by atoms with Gasteiger partial charge in [0.25, 0.3) is 0 Å². The van der Waals surface area contributed by atoms with Crippen molar-refractivity contribution in [3.05, 3.63) is 70.1 Å². The maximum absolute atomic E-state index is 15.1. The fraction of sp³-hybridized carbons (Fsp3) is 0.357. The van der Waals surface area contributed by atoms with E-state index < -0.39 is 29.4 Å². The average Bonchev–Trinajstić information content (AvgIpc) is 3.41. The van der Waals surface area contributed by atoms with E-state index in [-0.39, 0.29) is 60.1 Å². The first-order chi connectivity index (χ1) is 17.9. The molecule has 1 fully saturated rings. The van der Waals surface area contributed by atoms with Crippen LogP contribution in [0.3, 0.4) is 0 Å². The number of rotatable bonds is 8. The molecule has 1 aromatic heterocycles. The third-order valence-electron chi connectivity index (χ3n) is 6.85. The number of hydrogen-bond acceptors (Lipinski definition) is 5. The van der Waals surface area contributed by atoms with Crippen LogP contribution in [-0.2, 0) is 27.3 Å². The summed E-state index contributed by atoms with van der Waals surface area (Å²) >= 11 is 5.82. The predicted molar refractivity (Wildman–Crippen MR) is 138 cm³/mol. The highest BCUT2D eigenvalue weighted by Crippen LogP contribution is 2.33. The predicted octanol–water partition coefficient (Wildman–Crippen LogP) is 4.95. The second kappa shape index (κ2) is 10.6. The second-order valence-electron chi connectivity index (χ2n) is 9.78. The van der Waals surface area contributed by atoms with E-state index in [1.54, 1.807) is 12.1 Å². The number of fused-ring (bicyclic) bond motifs is 1. The fourth-order valence-electron chi connectivity index (χ4n) is 4.94. The van der Waals surface area contributed by atoms with Gasteiger partial charge in [-0.15, -0.1) is 0 Å². The van der Waals surface area contributed by atoms with E-state index in [0.717, 1.165) is 0 Å². The number of methoxy groups -OCH3 is 1. The molecule has 0 unspecified atom stereocenters. The lowest BCUT2D eigenvalue weighted by atomic mass is 9.98. The van der Waals surface area contributed by atoms with E-state index in [2.05, 4.69) is 0 Å². The number of amides is 1. The molecular weight excluding hydrogens is 518 g/mol. The first-order valence-electron chi connectivity index (χ1n) is 12.1. The molecule has 0 bridgehead atoms. The Kier molecular flexibility index (Phi) is 7.69. The zero-order valence-corrected chi connectivity index (χ0v) is 22.0. The quantitative estimate of drug-likeness (QED) is 0.296. The number of esters is 1. The van der Waals surface area contributed by atoms with Crippen molar-refractivity contribution in [2.75, 3.05) is 13.7 Å². The molecule has 1 aliphatic heterocycles. The van der Waals surface area contributed by atoms with Crippen LogP contribution in [0.25, 0.3) is 10.9 Å². The van der Waals surface area contributed by atoms with Crippen molar-refractivity contribution in [2.24, 2.45) is 0 Å². The van der Waals surface area contributed by atoms with Gasteiger partial charge in [0, 0.05) is 30.0 Å². The van der Waals surface area contributed by atoms with Crippen molar-refractivity contribution in [3.63, 3.8) is 0 Å². The van der Waals surface area contributed by atoms with Crippen molar-refractivity contribution >= 4 is 45.9 Å². The summed E-state index contributed by atoms with van der Waals surface area (Å²) in [5.41, 5.74) is -0.467. The Labute approximate surface area is 223 Å². The monoisotopic (exact) mass is 544 g/mol. The molecule has 0 saturated carbocycles. The van der Waals surface area contributed by atoms with Crippen LogP contribution in [0.15, 0.2) is 42.6 Å². The highest BCUT2D eigenvalue weighted by atomic mass is 35.5. The highest BCUT2D eigenvalue weighted by molar-refractivity contribution is 6.30. The van der Waals surface area contributed by atoms with Crippen molar-refractivity contribution in [1.29, 1.82) is 0 Å². The lowest BCUT2D eigenvalue weighted by molar-refractivity contribution is -0.138. The van der Waals surface area contributed by atoms with Crippen molar-refractivity contribution in [1.82, 2.24) is 9.47 Å². The maximum atomic E-state index is 15.1. The Bertz CT molecular complexity index is 1450. The molecule has 0 N–H and O–H groups in total. The minimum absolute atomic E-state index is 0.0526. The topological polar surface area (TPSA) is 85.7 Å². The van der Waals surface area contributed by atoms with Crippen molar-refractivity contribution in [3.8, 4) is 0 Å². The molecule has 200 valence electrons. The number of alkyl halides is 1. The van der Waals surface area contributed by atoms with Gasteiger partial charge in [-0.3, -0.25) is 14.4 Å². The standard InChI is InChI=1S/C28H27ClF2N2O5/c1-16(34)20-13-32(22-11-18(27(37)38-3)7-9-19(20)22)14-25(36)33-15-28(2,31)12-23(33)24(35)10-8-17-5-4-6-21(29)26(17)30/h4-7,9,11,13,23H,8,10,12,14-15H2,1-3H3/t23-,28+/m0/s1. The van der Waals surface area contributed by atoms with Crippen LogP contribution in [0.5, 0.6) is 0 Å². The van der Waals surface area contributed by atoms with Gasteiger partial charge in [0.15, 0.2) is 11.6 Å². The molecule has 0 radical (unpaired) electrons. The van der Waals surface area contributed by atoms with Crippen LogP contribution in [-0.4, -0.2) is 58.3 Å². The number of ether oxygens (including phenoxy) is 1. The SMILES string of the molecule is COC(=O)c1ccc2c(C(C)=O)cn(CC(=O)N3C[C@](C)(F)C[C@H]3C(=O)CCc3cccc(Cl)c3F)c2c1. The van der Waals surface area contributed by atoms with Gasteiger partial charge >= 0.3 is 5.97 Å². The van der Waals surface area contributed by atoms with Crippen molar-refractivity contribution in [2.45, 2.75) is 51.4 Å². The van der Waals surface area contributed by atoms with Gasteiger partial charge < -0.3 is 14.2 Å². The number of hydrogen-bond donors (Lipinski definition) is 0. The van der Waals surface area contributed by atoms with E-state index in [0.29, 0.717) is 16.5 Å². The number of carbonyl (C=O) groups excluding carboxylic acids is 4. The summed E-state index contributed by atoms with van der Waals surface area (Å²) in [6, 6.07) is 8.15. The lowest BCUT2D eigenvalue weighted by Crippen LogP contribution is -2.42. The minimum Gasteiger partial charge on any atom is -0.465 e. The Balaban J connectivity index is 1.59. The molecule has 1 saturated heterocycles. The first kappa shape index (κ1) is 27.4. The second-order valence-corrected chi connectivity index (χ2v) is 10.2. The van der Waals surface area contributed by atoms with E-state index in [1.165, 1.54) is 60.9 Å². The number of carbonyl (C=O) groups is 4. The molecule has 0 spiro atoms. The number of aromatic nitrogens is 1. The number of nitrogens with zero attached hydrogens (tertiary/aromatic N) is 2. The van der Waals surface area contributed by atoms with Gasteiger partial charge in [-0.05, 0) is 44.0 Å². The van der Waals surface area contributed by atoms with Crippen molar-refractivity contribution < 1.29 is 32.7 Å². The molecule has 10 heteroatoms. The van der Waals surface area contributed by atoms with Gasteiger partial charge in [0.1, 0.15) is 18.0 Å². The van der Waals surface area contributed by atoms with Gasteiger partial charge in [-0.2, -0.15) is 0 Å². The summed E-state index contributed by atoms with van der Waals surface area (Å²) in [4.78, 5) is 52.0. The Morgan fingerprint density at radius 2 is 1.92 bits per heavy atom. The van der Waals surface area contributed by atoms with Crippen LogP contribution in [0.4, 0.5) is 8.78 Å². The molecule has 3 aromatic rings. The number of Topliss-reactive ketones (excluding diaryl/α,β-unsaturated/α-hetero) is 2. The Hall–Kier alpha value is -3.59. The molecule has 2 aromatic carbocycles. The fourth-order valence-corrected chi connectivity index (χ4v) is 5.14. The third kappa shape index (κ3) is 5.48. The molecular formula is C28H27ClF2N2O5. The molecule has 2 atom stereocenters. The molecule has 0 aliphatic carbocycles. The van der Waals surface area contributed by atoms with Crippen LogP contribution in [0.2, 0.25) is 5.02 Å². The van der Waals surface area contributed by atoms with E-state index in [4.69, 9.17) is 16.3 Å². The van der Waals surface area contributed by atoms with Crippen LogP contribution in [0.1, 0.15) is 53.0 Å². The summed E-state index contributed by atoms with van der Waals surface area (Å²) in [7, 11) is 1.25. The normalized spacial score (nSPS) is 19.1. The Morgan fingerprint density at radius 3 is 2.61 bits per heavy atom. The summed E-state index contributed by atoms with van der Waals surface area (Å²) in [6.07, 6.45) is 1.31. The lowest BCUT2D eigenvalue weighted by Gasteiger charge is -2.24. The van der Waals surface area contributed by atoms with Gasteiger partial charge in [-0.1, -0.05) is 29.8 Å². The highest BCUT2D eigenvalue weighted by Gasteiger charge is 2.46. The molecule has 1 aliphatic rings. The number of benzene rings is 2. The molecule has 38 heavy (non-hydrogen) atoms. The summed E-state index contributed by atoms with van der Waals surface area (Å²) in [5.74, 6) is -2.32. The number of likely N-dealkylation sites (tertiary alicyclic amines) is 1. The largest absolute Gasteiger partial charge is 0.465 e. The number of ketones is 2. The zero-order chi connectivity index (χ0) is 27.8. The Morgan fingerprint density at radius 1 is 1.18 bits per heavy atom. The molecule has 2 heterocycles. The number of halogens is 3. The number of aryl methyl sites for hydroxylation is 1.